The highest BCUT2D eigenvalue weighted by Gasteiger charge is 2.02. The van der Waals surface area contributed by atoms with Crippen LogP contribution in [0.1, 0.15) is 0 Å². The van der Waals surface area contributed by atoms with E-state index in [9.17, 15) is 8.42 Å². The summed E-state index contributed by atoms with van der Waals surface area (Å²) in [6.45, 7) is 0. The molecule has 0 spiro atoms. The molecule has 1 aromatic rings. The molecule has 14 heavy (non-hydrogen) atoms. The quantitative estimate of drug-likeness (QED) is 0.555. The summed E-state index contributed by atoms with van der Waals surface area (Å²) in [5.41, 5.74) is 0. The van der Waals surface area contributed by atoms with E-state index in [0.29, 0.717) is 4.90 Å². The van der Waals surface area contributed by atoms with Crippen molar-refractivity contribution in [3.8, 4) is 0 Å². The van der Waals surface area contributed by atoms with E-state index in [1.165, 1.54) is 6.26 Å². The van der Waals surface area contributed by atoms with Crippen LogP contribution in [0.3, 0.4) is 0 Å². The van der Waals surface area contributed by atoms with E-state index in [1.54, 1.807) is 30.3 Å². The van der Waals surface area contributed by atoms with E-state index in [4.69, 9.17) is 15.3 Å². The van der Waals surface area contributed by atoms with Crippen molar-refractivity contribution in [2.45, 2.75) is 4.90 Å². The summed E-state index contributed by atoms with van der Waals surface area (Å²) in [5.74, 6) is 0. The van der Waals surface area contributed by atoms with Crippen LogP contribution < -0.4 is 0 Å². The summed E-state index contributed by atoms with van der Waals surface area (Å²) in [6.07, 6.45) is 1.20. The van der Waals surface area contributed by atoms with Gasteiger partial charge >= 0.3 is 0 Å². The summed E-state index contributed by atoms with van der Waals surface area (Å²) in [6, 6.07) is 8.35. The summed E-state index contributed by atoms with van der Waals surface area (Å²) in [7, 11) is -3.00. The Hall–Kier alpha value is -1.63. The second kappa shape index (κ2) is 5.18. The molecule has 0 unspecified atom stereocenters. The van der Waals surface area contributed by atoms with Crippen molar-refractivity contribution in [2.24, 2.45) is 0 Å². The van der Waals surface area contributed by atoms with Crippen LogP contribution in [0, 0.1) is 10.1 Å². The minimum Gasteiger partial charge on any atom is -0.328 e. The topological polar surface area (TPSA) is 97.5 Å². The molecule has 1 aromatic carbocycles. The molecule has 0 aliphatic carbocycles. The maximum absolute atomic E-state index is 10.8. The van der Waals surface area contributed by atoms with Gasteiger partial charge in [-0.1, -0.05) is 18.2 Å². The third kappa shape index (κ3) is 5.95. The highest BCUT2D eigenvalue weighted by atomic mass is 32.2. The van der Waals surface area contributed by atoms with Gasteiger partial charge in [0.1, 0.15) is 0 Å². The molecule has 0 amide bonds. The minimum absolute atomic E-state index is 0.370. The molecule has 7 heteroatoms. The summed E-state index contributed by atoms with van der Waals surface area (Å²) in [4.78, 5) is 8.73. The Labute approximate surface area is 80.8 Å². The average molecular weight is 219 g/mol. The molecule has 0 saturated heterocycles. The van der Waals surface area contributed by atoms with Gasteiger partial charge in [-0.3, -0.25) is 0 Å². The molecule has 0 aliphatic rings. The standard InChI is InChI=1S/C7H8O2S.HNO3/c1-10(8,9)7-5-3-2-4-6-7;2-1(3)4/h2-6H,1H3;(H,2,3,4). The molecule has 0 saturated carbocycles. The fourth-order valence-corrected chi connectivity index (χ4v) is 1.32. The Morgan fingerprint density at radius 2 is 1.64 bits per heavy atom. The maximum Gasteiger partial charge on any atom is 0.291 e. The Morgan fingerprint density at radius 1 is 1.29 bits per heavy atom. The normalized spacial score (nSPS) is 9.79. The molecule has 6 nitrogen and oxygen atoms in total. The van der Waals surface area contributed by atoms with Crippen molar-refractivity contribution in [1.82, 2.24) is 0 Å². The predicted molar refractivity (Wildman–Crippen MR) is 48.3 cm³/mol. The molecule has 0 fully saturated rings. The molecule has 0 aliphatic heterocycles. The molecular weight excluding hydrogens is 210 g/mol. The second-order valence-electron chi connectivity index (χ2n) is 2.32. The zero-order valence-electron chi connectivity index (χ0n) is 7.32. The zero-order valence-corrected chi connectivity index (χ0v) is 8.14. The van der Waals surface area contributed by atoms with Crippen LogP contribution in [0.4, 0.5) is 0 Å². The highest BCUT2D eigenvalue weighted by Crippen LogP contribution is 2.05. The fraction of sp³-hybridized carbons (Fsp3) is 0.143. The molecule has 0 aromatic heterocycles. The monoisotopic (exact) mass is 219 g/mol. The van der Waals surface area contributed by atoms with Gasteiger partial charge in [-0.05, 0) is 12.1 Å². The molecule has 78 valence electrons. The van der Waals surface area contributed by atoms with Crippen LogP contribution in [0.25, 0.3) is 0 Å². The van der Waals surface area contributed by atoms with E-state index >= 15 is 0 Å². The molecule has 0 atom stereocenters. The van der Waals surface area contributed by atoms with Crippen molar-refractivity contribution in [3.63, 3.8) is 0 Å². The van der Waals surface area contributed by atoms with Crippen LogP contribution >= 0.6 is 0 Å². The maximum atomic E-state index is 10.8. The van der Waals surface area contributed by atoms with E-state index < -0.39 is 14.9 Å². The zero-order chi connectivity index (χ0) is 11.2. The number of rotatable bonds is 1. The smallest absolute Gasteiger partial charge is 0.291 e. The molecule has 0 heterocycles. The number of sulfone groups is 1. The average Bonchev–Trinajstić information content (AvgIpc) is 2.03. The first-order valence-corrected chi connectivity index (χ1v) is 5.31. The van der Waals surface area contributed by atoms with E-state index in [-0.39, 0.29) is 0 Å². The van der Waals surface area contributed by atoms with Gasteiger partial charge in [-0.2, -0.15) is 0 Å². The third-order valence-electron chi connectivity index (χ3n) is 1.17. The van der Waals surface area contributed by atoms with E-state index in [2.05, 4.69) is 0 Å². The first-order chi connectivity index (χ1) is 6.34. The largest absolute Gasteiger partial charge is 0.328 e. The van der Waals surface area contributed by atoms with Gasteiger partial charge in [-0.25, -0.2) is 8.42 Å². The van der Waals surface area contributed by atoms with Crippen molar-refractivity contribution in [3.05, 3.63) is 40.4 Å². The minimum atomic E-state index is -3.00. The molecule has 0 bridgehead atoms. The molecule has 0 radical (unpaired) electrons. The van der Waals surface area contributed by atoms with Gasteiger partial charge in [0.2, 0.25) is 0 Å². The van der Waals surface area contributed by atoms with Gasteiger partial charge in [0.05, 0.1) is 4.90 Å². The van der Waals surface area contributed by atoms with Gasteiger partial charge in [0, 0.05) is 6.26 Å². The lowest BCUT2D eigenvalue weighted by molar-refractivity contribution is -0.742. The van der Waals surface area contributed by atoms with Gasteiger partial charge in [0.25, 0.3) is 5.09 Å². The van der Waals surface area contributed by atoms with Gasteiger partial charge in [0.15, 0.2) is 9.84 Å². The van der Waals surface area contributed by atoms with Crippen LogP contribution in [0.15, 0.2) is 35.2 Å². The summed E-state index contributed by atoms with van der Waals surface area (Å²) >= 11 is 0. The lowest BCUT2D eigenvalue weighted by atomic mass is 10.4. The van der Waals surface area contributed by atoms with Crippen LogP contribution in [-0.4, -0.2) is 25.0 Å². The first-order valence-electron chi connectivity index (χ1n) is 3.42. The lowest BCUT2D eigenvalue weighted by Gasteiger charge is -1.93. The Balaban J connectivity index is 0.000000364. The van der Waals surface area contributed by atoms with Crippen molar-refractivity contribution in [2.75, 3.05) is 6.26 Å². The predicted octanol–water partition coefficient (Wildman–Crippen LogP) is 0.742. The summed E-state index contributed by atoms with van der Waals surface area (Å²) < 4.78 is 21.7. The number of benzene rings is 1. The van der Waals surface area contributed by atoms with Crippen molar-refractivity contribution < 1.29 is 18.7 Å². The lowest BCUT2D eigenvalue weighted by Crippen LogP contribution is -1.95. The van der Waals surface area contributed by atoms with Crippen LogP contribution in [-0.2, 0) is 9.84 Å². The Bertz CT molecular complexity index is 382. The first kappa shape index (κ1) is 12.4. The SMILES string of the molecule is CS(=O)(=O)c1ccccc1.O=[N+]([O-])O. The van der Waals surface area contributed by atoms with Gasteiger partial charge in [-0.15, -0.1) is 10.1 Å². The summed E-state index contributed by atoms with van der Waals surface area (Å²) in [5, 5.41) is 13.6. The molecule has 1 rings (SSSR count). The van der Waals surface area contributed by atoms with Gasteiger partial charge < -0.3 is 5.21 Å². The second-order valence-corrected chi connectivity index (χ2v) is 4.34. The van der Waals surface area contributed by atoms with E-state index in [0.717, 1.165) is 0 Å². The van der Waals surface area contributed by atoms with Crippen LogP contribution in [0.2, 0.25) is 0 Å². The molecule has 1 N–H and O–H groups in total. The highest BCUT2D eigenvalue weighted by molar-refractivity contribution is 7.90. The Kier molecular flexibility index (Phi) is 4.57. The fourth-order valence-electron chi connectivity index (χ4n) is 0.668. The number of nitrogens with zero attached hydrogens (tertiary/aromatic N) is 1. The Morgan fingerprint density at radius 3 is 1.86 bits per heavy atom. The van der Waals surface area contributed by atoms with Crippen LogP contribution in [0.5, 0.6) is 0 Å². The third-order valence-corrected chi connectivity index (χ3v) is 2.30. The van der Waals surface area contributed by atoms with Crippen molar-refractivity contribution >= 4 is 9.84 Å². The number of hydrogen-bond donors (Lipinski definition) is 1. The number of hydrogen-bond acceptors (Lipinski definition) is 4. The van der Waals surface area contributed by atoms with Crippen molar-refractivity contribution in [1.29, 1.82) is 0 Å². The van der Waals surface area contributed by atoms with E-state index in [1.807, 2.05) is 0 Å². The molecular formula is C7H9NO5S.